The first-order chi connectivity index (χ1) is 8.68. The summed E-state index contributed by atoms with van der Waals surface area (Å²) >= 11 is 0. The van der Waals surface area contributed by atoms with E-state index in [1.165, 1.54) is 0 Å². The number of ether oxygens (including phenoxy) is 1. The predicted molar refractivity (Wildman–Crippen MR) is 68.1 cm³/mol. The van der Waals surface area contributed by atoms with Crippen molar-refractivity contribution in [2.24, 2.45) is 28.1 Å². The van der Waals surface area contributed by atoms with Gasteiger partial charge in [0.05, 0.1) is 18.1 Å². The summed E-state index contributed by atoms with van der Waals surface area (Å²) in [6.45, 7) is 6.71. The Hall–Kier alpha value is -0.160. The molecule has 7 atom stereocenters. The smallest absolute Gasteiger partial charge is 0.163 e. The van der Waals surface area contributed by atoms with Crippen molar-refractivity contribution in [2.45, 2.75) is 58.0 Å². The molecule has 4 rings (SSSR count). The average Bonchev–Trinajstić information content (AvgIpc) is 2.73. The quantitative estimate of drug-likeness (QED) is 0.610. The highest BCUT2D eigenvalue weighted by atomic mass is 16.6. The predicted octanol–water partition coefficient (Wildman–Crippen LogP) is 0.889. The first kappa shape index (κ1) is 12.6. The van der Waals surface area contributed by atoms with Crippen molar-refractivity contribution in [3.63, 3.8) is 0 Å². The molecular formula is C15H24O4. The summed E-state index contributed by atoms with van der Waals surface area (Å²) in [5.74, 6) is 0.517. The molecule has 4 aliphatic rings. The third kappa shape index (κ3) is 1.10. The van der Waals surface area contributed by atoms with Crippen LogP contribution < -0.4 is 0 Å². The normalized spacial score (nSPS) is 65.4. The summed E-state index contributed by atoms with van der Waals surface area (Å²) in [6, 6.07) is 0. The van der Waals surface area contributed by atoms with E-state index in [9.17, 15) is 15.3 Å². The maximum Gasteiger partial charge on any atom is 0.163 e. The van der Waals surface area contributed by atoms with Gasteiger partial charge >= 0.3 is 0 Å². The van der Waals surface area contributed by atoms with Gasteiger partial charge in [0.25, 0.3) is 0 Å². The van der Waals surface area contributed by atoms with Gasteiger partial charge in [0, 0.05) is 0 Å². The van der Waals surface area contributed by atoms with Crippen molar-refractivity contribution >= 4 is 0 Å². The van der Waals surface area contributed by atoms with Crippen molar-refractivity contribution in [1.29, 1.82) is 0 Å². The minimum atomic E-state index is -1.26. The van der Waals surface area contributed by atoms with Gasteiger partial charge in [-0.05, 0) is 41.9 Å². The lowest BCUT2D eigenvalue weighted by Gasteiger charge is -2.48. The van der Waals surface area contributed by atoms with E-state index in [0.717, 1.165) is 19.3 Å². The van der Waals surface area contributed by atoms with Crippen molar-refractivity contribution < 1.29 is 20.1 Å². The van der Waals surface area contributed by atoms with Crippen LogP contribution in [0.15, 0.2) is 0 Å². The SMILES string of the molecule is CC1(C)C[C@@H]2[C@H](C1)[C@@]1(C)C[C@]13[C@H](O)OC[C@]3(O)[C@H]2O. The van der Waals surface area contributed by atoms with Crippen LogP contribution in [0.25, 0.3) is 0 Å². The molecule has 1 heterocycles. The van der Waals surface area contributed by atoms with Gasteiger partial charge < -0.3 is 20.1 Å². The molecule has 1 saturated heterocycles. The van der Waals surface area contributed by atoms with E-state index in [-0.39, 0.29) is 23.4 Å². The Morgan fingerprint density at radius 1 is 1.11 bits per heavy atom. The van der Waals surface area contributed by atoms with E-state index >= 15 is 0 Å². The molecule has 0 bridgehead atoms. The van der Waals surface area contributed by atoms with Crippen molar-refractivity contribution in [3.05, 3.63) is 0 Å². The minimum Gasteiger partial charge on any atom is -0.390 e. The van der Waals surface area contributed by atoms with Crippen molar-refractivity contribution in [1.82, 2.24) is 0 Å². The Kier molecular flexibility index (Phi) is 2.01. The molecule has 3 N–H and O–H groups in total. The van der Waals surface area contributed by atoms with Crippen LogP contribution in [0.2, 0.25) is 0 Å². The molecule has 0 radical (unpaired) electrons. The number of hydrogen-bond acceptors (Lipinski definition) is 4. The molecule has 4 nitrogen and oxygen atoms in total. The topological polar surface area (TPSA) is 69.9 Å². The summed E-state index contributed by atoms with van der Waals surface area (Å²) in [5.41, 5.74) is -1.77. The second kappa shape index (κ2) is 3.03. The van der Waals surface area contributed by atoms with Gasteiger partial charge in [-0.2, -0.15) is 0 Å². The maximum atomic E-state index is 11.0. The number of aliphatic hydroxyl groups excluding tert-OH is 2. The first-order valence-electron chi connectivity index (χ1n) is 7.38. The zero-order valence-electron chi connectivity index (χ0n) is 11.9. The third-order valence-electron chi connectivity index (χ3n) is 6.99. The molecule has 1 spiro atoms. The molecule has 0 unspecified atom stereocenters. The monoisotopic (exact) mass is 268 g/mol. The van der Waals surface area contributed by atoms with E-state index in [1.807, 2.05) is 0 Å². The van der Waals surface area contributed by atoms with Crippen LogP contribution in [0.3, 0.4) is 0 Å². The Morgan fingerprint density at radius 2 is 1.79 bits per heavy atom. The van der Waals surface area contributed by atoms with Crippen LogP contribution in [-0.2, 0) is 4.74 Å². The van der Waals surface area contributed by atoms with E-state index in [0.29, 0.717) is 5.92 Å². The summed E-state index contributed by atoms with van der Waals surface area (Å²) in [4.78, 5) is 0. The highest BCUT2D eigenvalue weighted by molar-refractivity contribution is 5.33. The summed E-state index contributed by atoms with van der Waals surface area (Å²) < 4.78 is 5.35. The molecule has 3 aliphatic carbocycles. The first-order valence-corrected chi connectivity index (χ1v) is 7.38. The molecule has 3 saturated carbocycles. The summed E-state index contributed by atoms with van der Waals surface area (Å²) in [6.07, 6.45) is 1.08. The van der Waals surface area contributed by atoms with Crippen molar-refractivity contribution in [3.8, 4) is 0 Å². The zero-order valence-corrected chi connectivity index (χ0v) is 11.9. The lowest BCUT2D eigenvalue weighted by Crippen LogP contribution is -2.61. The highest BCUT2D eigenvalue weighted by Gasteiger charge is 2.87. The Labute approximate surface area is 113 Å². The van der Waals surface area contributed by atoms with Gasteiger partial charge in [-0.3, -0.25) is 0 Å². The van der Waals surface area contributed by atoms with Crippen LogP contribution in [0.4, 0.5) is 0 Å². The maximum absolute atomic E-state index is 11.0. The number of fused-ring (bicyclic) bond motifs is 2. The highest BCUT2D eigenvalue weighted by Crippen LogP contribution is 2.83. The fourth-order valence-corrected chi connectivity index (χ4v) is 6.05. The number of hydrogen-bond donors (Lipinski definition) is 3. The molecule has 0 aromatic rings. The van der Waals surface area contributed by atoms with Gasteiger partial charge in [-0.1, -0.05) is 20.8 Å². The van der Waals surface area contributed by atoms with Crippen LogP contribution in [0.5, 0.6) is 0 Å². The molecule has 108 valence electrons. The van der Waals surface area contributed by atoms with Gasteiger partial charge in [-0.25, -0.2) is 0 Å². The Balaban J connectivity index is 1.83. The largest absolute Gasteiger partial charge is 0.390 e. The zero-order chi connectivity index (χ0) is 13.8. The van der Waals surface area contributed by atoms with Crippen LogP contribution in [0, 0.1) is 28.1 Å². The lowest BCUT2D eigenvalue weighted by molar-refractivity contribution is -0.188. The Bertz CT molecular complexity index is 449. The molecule has 19 heavy (non-hydrogen) atoms. The fourth-order valence-electron chi connectivity index (χ4n) is 6.05. The van der Waals surface area contributed by atoms with E-state index in [4.69, 9.17) is 4.74 Å². The Morgan fingerprint density at radius 3 is 2.47 bits per heavy atom. The van der Waals surface area contributed by atoms with Gasteiger partial charge in [0.15, 0.2) is 6.29 Å². The van der Waals surface area contributed by atoms with Crippen LogP contribution in [-0.4, -0.2) is 39.9 Å². The van der Waals surface area contributed by atoms with Crippen molar-refractivity contribution in [2.75, 3.05) is 6.61 Å². The van der Waals surface area contributed by atoms with E-state index < -0.39 is 23.4 Å². The summed E-state index contributed by atoms with van der Waals surface area (Å²) in [5, 5.41) is 32.0. The number of rotatable bonds is 0. The molecule has 4 heteroatoms. The lowest BCUT2D eigenvalue weighted by atomic mass is 9.60. The molecule has 1 aliphatic heterocycles. The fraction of sp³-hybridized carbons (Fsp3) is 1.00. The molecule has 0 aromatic heterocycles. The number of aliphatic hydroxyl groups is 3. The molecule has 4 fully saturated rings. The summed E-state index contributed by atoms with van der Waals surface area (Å²) in [7, 11) is 0. The van der Waals surface area contributed by atoms with Gasteiger partial charge in [-0.15, -0.1) is 0 Å². The van der Waals surface area contributed by atoms with E-state index in [1.54, 1.807) is 0 Å². The molecule has 0 aromatic carbocycles. The van der Waals surface area contributed by atoms with Crippen LogP contribution >= 0.6 is 0 Å². The minimum absolute atomic E-state index is 0.0641. The second-order valence-corrected chi connectivity index (χ2v) is 8.44. The van der Waals surface area contributed by atoms with Gasteiger partial charge in [0.1, 0.15) is 5.60 Å². The third-order valence-corrected chi connectivity index (χ3v) is 6.99. The average molecular weight is 268 g/mol. The van der Waals surface area contributed by atoms with Gasteiger partial charge in [0.2, 0.25) is 0 Å². The van der Waals surface area contributed by atoms with E-state index in [2.05, 4.69) is 20.8 Å². The molecule has 0 amide bonds. The molecular weight excluding hydrogens is 244 g/mol. The second-order valence-electron chi connectivity index (χ2n) is 8.44. The standard InChI is InChI=1S/C15H24O4/c1-12(2)4-8-9(5-12)13(3)6-14(13)11(17)19-7-15(14,18)10(8)16/h8-11,16-18H,4-7H2,1-3H3/t8-,9+,10+,11-,13-,14+,15+/m1/s1. The van der Waals surface area contributed by atoms with Crippen LogP contribution in [0.1, 0.15) is 40.0 Å².